The molecule has 0 radical (unpaired) electrons. The summed E-state index contributed by atoms with van der Waals surface area (Å²) in [6.07, 6.45) is 0.818. The highest BCUT2D eigenvalue weighted by molar-refractivity contribution is 5.89. The van der Waals surface area contributed by atoms with Crippen LogP contribution in [0.5, 0.6) is 0 Å². The van der Waals surface area contributed by atoms with E-state index >= 15 is 0 Å². The fourth-order valence-corrected chi connectivity index (χ4v) is 0.722. The highest BCUT2D eigenvalue weighted by atomic mass is 16.3. The van der Waals surface area contributed by atoms with E-state index in [4.69, 9.17) is 16.6 Å². The van der Waals surface area contributed by atoms with Crippen molar-refractivity contribution in [2.75, 3.05) is 0 Å². The molecule has 2 atom stereocenters. The maximum Gasteiger partial charge on any atom is 0.125 e. The molecule has 0 aromatic heterocycles. The number of hydrogen-bond acceptors (Lipinski definition) is 5. The number of aliphatic hydroxyl groups excluding tert-OH is 1. The Balaban J connectivity index is 2.55. The van der Waals surface area contributed by atoms with Gasteiger partial charge in [-0.25, -0.2) is 4.99 Å². The zero-order valence-electron chi connectivity index (χ0n) is 5.44. The third kappa shape index (κ3) is 1.52. The normalized spacial score (nSPS) is 27.8. The lowest BCUT2D eigenvalue weighted by Crippen LogP contribution is -2.37. The quantitative estimate of drug-likeness (QED) is 0.385. The van der Waals surface area contributed by atoms with Gasteiger partial charge in [-0.3, -0.25) is 4.99 Å². The van der Waals surface area contributed by atoms with Gasteiger partial charge in [0, 0.05) is 6.42 Å². The van der Waals surface area contributed by atoms with E-state index in [9.17, 15) is 0 Å². The molecule has 0 aliphatic carbocycles. The van der Waals surface area contributed by atoms with Crippen LogP contribution in [0.1, 0.15) is 6.42 Å². The van der Waals surface area contributed by atoms with E-state index in [0.717, 1.165) is 0 Å². The number of amidine groups is 1. The molecule has 1 aliphatic heterocycles. The summed E-state index contributed by atoms with van der Waals surface area (Å²) in [6, 6.07) is -0.322. The van der Waals surface area contributed by atoms with Crippen molar-refractivity contribution in [3.8, 4) is 0 Å². The Kier molecular flexibility index (Phi) is 1.98. The number of nitrogens with two attached hydrogens (primary N) is 2. The molecule has 5 N–H and O–H groups in total. The summed E-state index contributed by atoms with van der Waals surface area (Å²) in [6.45, 7) is 0. The predicted molar refractivity (Wildman–Crippen MR) is 38.7 cm³/mol. The molecule has 1 unspecified atom stereocenters. The second-order valence-electron chi connectivity index (χ2n) is 2.15. The zero-order valence-corrected chi connectivity index (χ0v) is 5.44. The van der Waals surface area contributed by atoms with Gasteiger partial charge in [0.15, 0.2) is 0 Å². The second kappa shape index (κ2) is 2.76. The largest absolute Gasteiger partial charge is 0.387 e. The smallest absolute Gasteiger partial charge is 0.125 e. The van der Waals surface area contributed by atoms with E-state index in [2.05, 4.69) is 9.98 Å². The Morgan fingerprint density at radius 1 is 1.80 bits per heavy atom. The molecule has 0 fully saturated rings. The van der Waals surface area contributed by atoms with Crippen molar-refractivity contribution in [3.63, 3.8) is 0 Å². The van der Waals surface area contributed by atoms with Crippen LogP contribution < -0.4 is 11.5 Å². The second-order valence-corrected chi connectivity index (χ2v) is 2.15. The number of aliphatic imine (C=N–C) groups is 2. The average Bonchev–Trinajstić information content (AvgIpc) is 1.88. The zero-order chi connectivity index (χ0) is 7.56. The molecule has 56 valence electrons. The van der Waals surface area contributed by atoms with Crippen molar-refractivity contribution >= 4 is 12.2 Å². The summed E-state index contributed by atoms with van der Waals surface area (Å²) in [5.74, 6) is 0.463. The van der Waals surface area contributed by atoms with Gasteiger partial charge < -0.3 is 16.6 Å². The van der Waals surface area contributed by atoms with Crippen molar-refractivity contribution in [3.05, 3.63) is 0 Å². The minimum Gasteiger partial charge on any atom is -0.387 e. The molecule has 0 aromatic carbocycles. The lowest BCUT2D eigenvalue weighted by molar-refractivity contribution is 0.154. The lowest BCUT2D eigenvalue weighted by atomic mass is 10.2. The maximum atomic E-state index is 8.85. The third-order valence-corrected chi connectivity index (χ3v) is 1.29. The molecule has 5 heteroatoms. The van der Waals surface area contributed by atoms with E-state index in [1.165, 1.54) is 6.34 Å². The van der Waals surface area contributed by atoms with Gasteiger partial charge in [-0.2, -0.15) is 0 Å². The van der Waals surface area contributed by atoms with Gasteiger partial charge in [0.25, 0.3) is 0 Å². The van der Waals surface area contributed by atoms with Gasteiger partial charge in [-0.1, -0.05) is 0 Å². The fraction of sp³-hybridized carbons (Fsp3) is 0.600. The van der Waals surface area contributed by atoms with Crippen LogP contribution in [-0.4, -0.2) is 29.6 Å². The molecule has 1 rings (SSSR count). The van der Waals surface area contributed by atoms with Crippen LogP contribution in [0.3, 0.4) is 0 Å². The number of aliphatic hydroxyl groups is 1. The lowest BCUT2D eigenvalue weighted by Gasteiger charge is -2.16. The Bertz CT molecular complexity index is 174. The van der Waals surface area contributed by atoms with Crippen molar-refractivity contribution in [1.29, 1.82) is 0 Å². The SMILES string of the molecule is NC1=NC=N[C@@H](C(N)O)C1. The van der Waals surface area contributed by atoms with Crippen molar-refractivity contribution in [2.24, 2.45) is 21.5 Å². The van der Waals surface area contributed by atoms with Crippen LogP contribution in [0.15, 0.2) is 9.98 Å². The van der Waals surface area contributed by atoms with Gasteiger partial charge in [0.05, 0.1) is 6.04 Å². The summed E-state index contributed by atoms with van der Waals surface area (Å²) < 4.78 is 0. The Morgan fingerprint density at radius 2 is 2.50 bits per heavy atom. The molecule has 0 amide bonds. The first kappa shape index (κ1) is 7.17. The van der Waals surface area contributed by atoms with Gasteiger partial charge >= 0.3 is 0 Å². The molecule has 5 nitrogen and oxygen atoms in total. The molecule has 1 heterocycles. The maximum absolute atomic E-state index is 8.85. The van der Waals surface area contributed by atoms with Gasteiger partial charge in [-0.05, 0) is 0 Å². The van der Waals surface area contributed by atoms with Gasteiger partial charge in [0.2, 0.25) is 0 Å². The van der Waals surface area contributed by atoms with E-state index in [1.54, 1.807) is 0 Å². The average molecular weight is 142 g/mol. The monoisotopic (exact) mass is 142 g/mol. The first-order valence-corrected chi connectivity index (χ1v) is 2.97. The van der Waals surface area contributed by atoms with E-state index < -0.39 is 6.23 Å². The molecular formula is C5H10N4O. The van der Waals surface area contributed by atoms with Crippen LogP contribution in [0, 0.1) is 0 Å². The summed E-state index contributed by atoms with van der Waals surface area (Å²) in [5, 5.41) is 8.85. The van der Waals surface area contributed by atoms with Crippen LogP contribution in [0.25, 0.3) is 0 Å². The molecule has 0 saturated heterocycles. The Labute approximate surface area is 58.5 Å². The minimum absolute atomic E-state index is 0.322. The van der Waals surface area contributed by atoms with E-state index in [-0.39, 0.29) is 6.04 Å². The molecule has 0 spiro atoms. The van der Waals surface area contributed by atoms with E-state index in [0.29, 0.717) is 12.3 Å². The first-order chi connectivity index (χ1) is 4.70. The highest BCUT2D eigenvalue weighted by Crippen LogP contribution is 2.03. The summed E-state index contributed by atoms with van der Waals surface area (Å²) >= 11 is 0. The van der Waals surface area contributed by atoms with Crippen molar-refractivity contribution in [1.82, 2.24) is 0 Å². The van der Waals surface area contributed by atoms with Crippen LogP contribution in [0.4, 0.5) is 0 Å². The highest BCUT2D eigenvalue weighted by Gasteiger charge is 2.16. The predicted octanol–water partition coefficient (Wildman–Crippen LogP) is -1.58. The fourth-order valence-electron chi connectivity index (χ4n) is 0.722. The molecule has 0 saturated carbocycles. The van der Waals surface area contributed by atoms with Gasteiger partial charge in [-0.15, -0.1) is 0 Å². The third-order valence-electron chi connectivity index (χ3n) is 1.29. The molecule has 10 heavy (non-hydrogen) atoms. The van der Waals surface area contributed by atoms with Crippen molar-refractivity contribution in [2.45, 2.75) is 18.7 Å². The molecule has 0 aromatic rings. The summed E-state index contributed by atoms with van der Waals surface area (Å²) in [7, 11) is 0. The molecule has 1 aliphatic rings. The van der Waals surface area contributed by atoms with Crippen LogP contribution in [0.2, 0.25) is 0 Å². The van der Waals surface area contributed by atoms with E-state index in [1.807, 2.05) is 0 Å². The minimum atomic E-state index is -0.940. The first-order valence-electron chi connectivity index (χ1n) is 2.97. The van der Waals surface area contributed by atoms with Crippen molar-refractivity contribution < 1.29 is 5.11 Å². The Hall–Kier alpha value is -0.940. The number of nitrogens with zero attached hydrogens (tertiary/aromatic N) is 2. The van der Waals surface area contributed by atoms with Gasteiger partial charge in [0.1, 0.15) is 18.4 Å². The Morgan fingerprint density at radius 3 is 2.90 bits per heavy atom. The number of hydrogen-bond donors (Lipinski definition) is 3. The van der Waals surface area contributed by atoms with Crippen LogP contribution in [-0.2, 0) is 0 Å². The standard InChI is InChI=1S/C5H10N4O/c6-4-1-3(5(7)10)8-2-9-4/h2-3,5,10H,1,7H2,(H2,6,8,9)/t3-,5?/m1/s1. The molecule has 0 bridgehead atoms. The number of rotatable bonds is 1. The van der Waals surface area contributed by atoms with Crippen LogP contribution >= 0.6 is 0 Å². The topological polar surface area (TPSA) is 97.0 Å². The molecular weight excluding hydrogens is 132 g/mol. The summed E-state index contributed by atoms with van der Waals surface area (Å²) in [4.78, 5) is 7.51. The summed E-state index contributed by atoms with van der Waals surface area (Å²) in [5.41, 5.74) is 10.5.